The van der Waals surface area contributed by atoms with Gasteiger partial charge in [0.1, 0.15) is 5.60 Å². The quantitative estimate of drug-likeness (QED) is 0.888. The molecule has 27 heavy (non-hydrogen) atoms. The van der Waals surface area contributed by atoms with Gasteiger partial charge in [0, 0.05) is 32.1 Å². The molecule has 3 fully saturated rings. The maximum absolute atomic E-state index is 12.9. The van der Waals surface area contributed by atoms with Crippen molar-refractivity contribution in [3.8, 4) is 0 Å². The lowest BCUT2D eigenvalue weighted by molar-refractivity contribution is 0.0453. The number of likely N-dealkylation sites (N-methyl/N-ethyl adjacent to an activating group) is 1. The van der Waals surface area contributed by atoms with Crippen molar-refractivity contribution in [1.82, 2.24) is 15.1 Å². The summed E-state index contributed by atoms with van der Waals surface area (Å²) in [5, 5.41) is 3.31. The number of amides is 3. The topological polar surface area (TPSA) is 61.9 Å². The minimum Gasteiger partial charge on any atom is -0.441 e. The Morgan fingerprint density at radius 1 is 1.19 bits per heavy atom. The number of hydrogen-bond acceptors (Lipinski definition) is 3. The first-order chi connectivity index (χ1) is 12.9. The highest BCUT2D eigenvalue weighted by atomic mass is 16.6. The van der Waals surface area contributed by atoms with Crippen LogP contribution in [0.2, 0.25) is 0 Å². The van der Waals surface area contributed by atoms with E-state index in [4.69, 9.17) is 4.74 Å². The van der Waals surface area contributed by atoms with Crippen LogP contribution in [0, 0.1) is 6.92 Å². The third kappa shape index (κ3) is 3.75. The van der Waals surface area contributed by atoms with E-state index in [-0.39, 0.29) is 17.7 Å². The zero-order valence-electron chi connectivity index (χ0n) is 16.3. The van der Waals surface area contributed by atoms with Crippen LogP contribution in [0.25, 0.3) is 0 Å². The first kappa shape index (κ1) is 18.1. The van der Waals surface area contributed by atoms with E-state index in [2.05, 4.69) is 36.5 Å². The van der Waals surface area contributed by atoms with Crippen LogP contribution < -0.4 is 5.32 Å². The fourth-order valence-corrected chi connectivity index (χ4v) is 4.40. The maximum Gasteiger partial charge on any atom is 0.410 e. The lowest BCUT2D eigenvalue weighted by Gasteiger charge is -2.27. The third-order valence-corrected chi connectivity index (χ3v) is 6.34. The molecule has 2 aliphatic heterocycles. The molecule has 0 aromatic heterocycles. The summed E-state index contributed by atoms with van der Waals surface area (Å²) in [5.74, 6) is 0. The van der Waals surface area contributed by atoms with Crippen LogP contribution in [0.1, 0.15) is 43.2 Å². The summed E-state index contributed by atoms with van der Waals surface area (Å²) < 4.78 is 5.64. The lowest BCUT2D eigenvalue weighted by atomic mass is 9.95. The summed E-state index contributed by atoms with van der Waals surface area (Å²) in [4.78, 5) is 28.2. The molecule has 0 unspecified atom stereocenters. The van der Waals surface area contributed by atoms with Gasteiger partial charge in [0.15, 0.2) is 0 Å². The van der Waals surface area contributed by atoms with Crippen molar-refractivity contribution in [2.45, 2.75) is 56.6 Å². The smallest absolute Gasteiger partial charge is 0.410 e. The lowest BCUT2D eigenvalue weighted by Crippen LogP contribution is -2.48. The monoisotopic (exact) mass is 371 g/mol. The molecule has 6 nitrogen and oxygen atoms in total. The highest BCUT2D eigenvalue weighted by molar-refractivity contribution is 5.76. The normalized spacial score (nSPS) is 26.7. The van der Waals surface area contributed by atoms with Crippen molar-refractivity contribution in [3.63, 3.8) is 0 Å². The molecule has 146 valence electrons. The van der Waals surface area contributed by atoms with Gasteiger partial charge in [0.25, 0.3) is 0 Å². The summed E-state index contributed by atoms with van der Waals surface area (Å²) in [6.45, 7) is 4.10. The first-order valence-corrected chi connectivity index (χ1v) is 9.96. The van der Waals surface area contributed by atoms with E-state index in [1.807, 2.05) is 4.90 Å². The molecule has 0 bridgehead atoms. The molecule has 0 radical (unpaired) electrons. The standard InChI is InChI=1S/C21H29N3O3/c1-16-6-3-4-7-17(16)14-20(9-10-20)22-18(25)24-12-5-8-21(11-13-24)15-23(2)19(26)27-21/h3-4,6-7H,5,8-15H2,1-2H3,(H,22,25)/t21-/m1/s1. The predicted molar refractivity (Wildman–Crippen MR) is 103 cm³/mol. The van der Waals surface area contributed by atoms with Crippen molar-refractivity contribution >= 4 is 12.1 Å². The molecule has 4 rings (SSSR count). The Morgan fingerprint density at radius 3 is 2.63 bits per heavy atom. The number of hydrogen-bond donors (Lipinski definition) is 1. The van der Waals surface area contributed by atoms with E-state index in [0.29, 0.717) is 19.5 Å². The van der Waals surface area contributed by atoms with E-state index in [1.54, 1.807) is 11.9 Å². The predicted octanol–water partition coefficient (Wildman–Crippen LogP) is 3.09. The number of carbonyl (C=O) groups excluding carboxylic acids is 2. The number of aryl methyl sites for hydroxylation is 1. The van der Waals surface area contributed by atoms with Gasteiger partial charge < -0.3 is 19.9 Å². The van der Waals surface area contributed by atoms with Gasteiger partial charge >= 0.3 is 12.1 Å². The van der Waals surface area contributed by atoms with Gasteiger partial charge in [-0.25, -0.2) is 9.59 Å². The van der Waals surface area contributed by atoms with Crippen LogP contribution >= 0.6 is 0 Å². The highest BCUT2D eigenvalue weighted by Gasteiger charge is 2.47. The van der Waals surface area contributed by atoms with Crippen molar-refractivity contribution < 1.29 is 14.3 Å². The number of benzene rings is 1. The molecule has 6 heteroatoms. The average Bonchev–Trinajstić information content (AvgIpc) is 3.35. The fourth-order valence-electron chi connectivity index (χ4n) is 4.40. The van der Waals surface area contributed by atoms with E-state index in [9.17, 15) is 9.59 Å². The zero-order chi connectivity index (χ0) is 19.1. The number of likely N-dealkylation sites (tertiary alicyclic amines) is 1. The number of nitrogens with one attached hydrogen (secondary N) is 1. The number of rotatable bonds is 3. The molecule has 1 spiro atoms. The number of nitrogens with zero attached hydrogens (tertiary/aromatic N) is 2. The van der Waals surface area contributed by atoms with E-state index in [1.165, 1.54) is 11.1 Å². The van der Waals surface area contributed by atoms with Crippen molar-refractivity contribution in [2.24, 2.45) is 0 Å². The Morgan fingerprint density at radius 2 is 1.96 bits per heavy atom. The van der Waals surface area contributed by atoms with Gasteiger partial charge in [-0.05, 0) is 50.2 Å². The molecule has 1 aromatic carbocycles. The highest BCUT2D eigenvalue weighted by Crippen LogP contribution is 2.40. The number of urea groups is 1. The van der Waals surface area contributed by atoms with E-state index < -0.39 is 5.60 Å². The maximum atomic E-state index is 12.9. The molecule has 1 atom stereocenters. The molecular formula is C21H29N3O3. The van der Waals surface area contributed by atoms with Gasteiger partial charge in [0.05, 0.1) is 6.54 Å². The Bertz CT molecular complexity index is 746. The second-order valence-corrected chi connectivity index (χ2v) is 8.56. The SMILES string of the molecule is Cc1ccccc1CC1(NC(=O)N2CCC[C@@]3(CC2)CN(C)C(=O)O3)CC1. The summed E-state index contributed by atoms with van der Waals surface area (Å²) in [6, 6.07) is 8.42. The van der Waals surface area contributed by atoms with E-state index in [0.717, 1.165) is 38.6 Å². The van der Waals surface area contributed by atoms with Crippen LogP contribution in [0.15, 0.2) is 24.3 Å². The third-order valence-electron chi connectivity index (χ3n) is 6.34. The largest absolute Gasteiger partial charge is 0.441 e. The summed E-state index contributed by atoms with van der Waals surface area (Å²) in [5.41, 5.74) is 2.08. The van der Waals surface area contributed by atoms with Crippen molar-refractivity contribution in [2.75, 3.05) is 26.7 Å². The van der Waals surface area contributed by atoms with Crippen molar-refractivity contribution in [3.05, 3.63) is 35.4 Å². The molecule has 2 heterocycles. The first-order valence-electron chi connectivity index (χ1n) is 9.96. The summed E-state index contributed by atoms with van der Waals surface area (Å²) in [7, 11) is 1.77. The van der Waals surface area contributed by atoms with Crippen LogP contribution in [-0.2, 0) is 11.2 Å². The minimum absolute atomic E-state index is 0.0239. The zero-order valence-corrected chi connectivity index (χ0v) is 16.3. The Hall–Kier alpha value is -2.24. The average molecular weight is 371 g/mol. The molecule has 2 saturated heterocycles. The summed E-state index contributed by atoms with van der Waals surface area (Å²) >= 11 is 0. The van der Waals surface area contributed by atoms with Gasteiger partial charge in [-0.15, -0.1) is 0 Å². The van der Waals surface area contributed by atoms with Gasteiger partial charge in [-0.1, -0.05) is 24.3 Å². The van der Waals surface area contributed by atoms with Crippen LogP contribution in [0.3, 0.4) is 0 Å². The minimum atomic E-state index is -0.417. The van der Waals surface area contributed by atoms with Gasteiger partial charge in [-0.2, -0.15) is 0 Å². The van der Waals surface area contributed by atoms with E-state index >= 15 is 0 Å². The van der Waals surface area contributed by atoms with Gasteiger partial charge in [-0.3, -0.25) is 0 Å². The molecule has 1 saturated carbocycles. The second kappa shape index (κ2) is 6.73. The fraction of sp³-hybridized carbons (Fsp3) is 0.619. The summed E-state index contributed by atoms with van der Waals surface area (Å²) in [6.07, 6.45) is 5.11. The van der Waals surface area contributed by atoms with Crippen molar-refractivity contribution in [1.29, 1.82) is 0 Å². The Labute approximate surface area is 160 Å². The van der Waals surface area contributed by atoms with Crippen LogP contribution in [0.5, 0.6) is 0 Å². The molecule has 1 aliphatic carbocycles. The Kier molecular flexibility index (Phi) is 4.52. The molecule has 3 aliphatic rings. The van der Waals surface area contributed by atoms with Gasteiger partial charge in [0.2, 0.25) is 0 Å². The number of carbonyl (C=O) groups is 2. The van der Waals surface area contributed by atoms with Crippen LogP contribution in [0.4, 0.5) is 9.59 Å². The second-order valence-electron chi connectivity index (χ2n) is 8.56. The molecule has 1 N–H and O–H groups in total. The van der Waals surface area contributed by atoms with Crippen LogP contribution in [-0.4, -0.2) is 59.7 Å². The Balaban J connectivity index is 1.36. The molecule has 1 aromatic rings. The number of ether oxygens (including phenoxy) is 1. The molecular weight excluding hydrogens is 342 g/mol. The molecule has 3 amide bonds.